The van der Waals surface area contributed by atoms with Crippen molar-refractivity contribution in [3.8, 4) is 5.75 Å². The van der Waals surface area contributed by atoms with Crippen LogP contribution in [0.5, 0.6) is 5.75 Å². The van der Waals surface area contributed by atoms with Crippen molar-refractivity contribution in [2.24, 2.45) is 0 Å². The molecule has 7 heteroatoms. The molecular formula is C20H19BrN2O4. The number of imide groups is 1. The molecule has 3 amide bonds. The first-order valence-electron chi connectivity index (χ1n) is 9.01. The van der Waals surface area contributed by atoms with Gasteiger partial charge in [0.1, 0.15) is 17.8 Å². The predicted octanol–water partition coefficient (Wildman–Crippen LogP) is 3.76. The van der Waals surface area contributed by atoms with Crippen LogP contribution in [-0.2, 0) is 9.59 Å². The maximum absolute atomic E-state index is 12.7. The van der Waals surface area contributed by atoms with Gasteiger partial charge >= 0.3 is 12.0 Å². The fraction of sp³-hybridized carbons (Fsp3) is 0.350. The van der Waals surface area contributed by atoms with Crippen LogP contribution in [0.25, 0.3) is 10.8 Å². The largest absolute Gasteiger partial charge is 0.425 e. The lowest BCUT2D eigenvalue weighted by Crippen LogP contribution is -2.48. The zero-order valence-electron chi connectivity index (χ0n) is 14.7. The highest BCUT2D eigenvalue weighted by Gasteiger charge is 2.51. The van der Waals surface area contributed by atoms with E-state index in [-0.39, 0.29) is 12.5 Å². The number of nitrogens with one attached hydrogen (secondary N) is 1. The minimum Gasteiger partial charge on any atom is -0.425 e. The van der Waals surface area contributed by atoms with E-state index in [1.54, 1.807) is 12.1 Å². The van der Waals surface area contributed by atoms with E-state index in [2.05, 4.69) is 21.2 Å². The highest BCUT2D eigenvalue weighted by molar-refractivity contribution is 9.10. The number of nitrogens with zero attached hydrogens (tertiary/aromatic N) is 1. The zero-order chi connectivity index (χ0) is 19.0. The third kappa shape index (κ3) is 3.43. The minimum atomic E-state index is -0.827. The standard InChI is InChI=1S/C20H19BrN2O4/c21-15-6-4-14-11-16(7-5-13(14)10-15)27-17(24)12-23-18(25)20(22-19(23)26)8-2-1-3-9-20/h4-7,10-11H,1-3,8-9,12H2,(H,22,26). The van der Waals surface area contributed by atoms with Crippen LogP contribution in [0.2, 0.25) is 0 Å². The average Bonchev–Trinajstić information content (AvgIpc) is 2.86. The fourth-order valence-electron chi connectivity index (χ4n) is 3.86. The summed E-state index contributed by atoms with van der Waals surface area (Å²) in [5, 5.41) is 4.73. The van der Waals surface area contributed by atoms with Gasteiger partial charge in [-0.15, -0.1) is 0 Å². The van der Waals surface area contributed by atoms with E-state index < -0.39 is 17.5 Å². The SMILES string of the molecule is O=C(CN1C(=O)NC2(CCCCC2)C1=O)Oc1ccc2cc(Br)ccc2c1. The van der Waals surface area contributed by atoms with E-state index in [1.807, 2.05) is 24.3 Å². The van der Waals surface area contributed by atoms with Gasteiger partial charge in [0.25, 0.3) is 5.91 Å². The minimum absolute atomic E-state index is 0.312. The number of benzene rings is 2. The zero-order valence-corrected chi connectivity index (χ0v) is 16.3. The molecule has 0 unspecified atom stereocenters. The molecule has 2 aromatic rings. The molecule has 4 rings (SSSR count). The Balaban J connectivity index is 1.45. The van der Waals surface area contributed by atoms with E-state index in [1.165, 1.54) is 0 Å². The third-order valence-corrected chi connectivity index (χ3v) is 5.74. The molecule has 140 valence electrons. The summed E-state index contributed by atoms with van der Waals surface area (Å²) >= 11 is 3.42. The number of ether oxygens (including phenoxy) is 1. The van der Waals surface area contributed by atoms with E-state index in [4.69, 9.17) is 4.74 Å². The Hall–Kier alpha value is -2.41. The molecule has 2 aromatic carbocycles. The number of rotatable bonds is 3. The summed E-state index contributed by atoms with van der Waals surface area (Å²) in [7, 11) is 0. The van der Waals surface area contributed by atoms with E-state index >= 15 is 0 Å². The van der Waals surface area contributed by atoms with Crippen molar-refractivity contribution in [2.45, 2.75) is 37.6 Å². The molecule has 1 N–H and O–H groups in total. The molecule has 1 aliphatic heterocycles. The van der Waals surface area contributed by atoms with Crippen LogP contribution < -0.4 is 10.1 Å². The van der Waals surface area contributed by atoms with Crippen LogP contribution in [0, 0.1) is 0 Å². The quantitative estimate of drug-likeness (QED) is 0.456. The van der Waals surface area contributed by atoms with Crippen LogP contribution in [0.15, 0.2) is 40.9 Å². The number of fused-ring (bicyclic) bond motifs is 1. The Bertz CT molecular complexity index is 937. The number of urea groups is 1. The average molecular weight is 431 g/mol. The fourth-order valence-corrected chi connectivity index (χ4v) is 4.24. The van der Waals surface area contributed by atoms with Gasteiger partial charge in [-0.1, -0.05) is 47.3 Å². The third-order valence-electron chi connectivity index (χ3n) is 5.25. The first-order valence-corrected chi connectivity index (χ1v) is 9.80. The normalized spacial score (nSPS) is 18.8. The summed E-state index contributed by atoms with van der Waals surface area (Å²) in [6, 6.07) is 10.6. The molecule has 1 saturated heterocycles. The second kappa shape index (κ2) is 6.96. The van der Waals surface area contributed by atoms with Gasteiger partial charge in [-0.3, -0.25) is 9.69 Å². The van der Waals surface area contributed by atoms with Gasteiger partial charge in [-0.2, -0.15) is 0 Å². The molecule has 0 atom stereocenters. The Morgan fingerprint density at radius 1 is 1.07 bits per heavy atom. The summed E-state index contributed by atoms with van der Waals surface area (Å²) in [6.45, 7) is -0.384. The van der Waals surface area contributed by atoms with Gasteiger partial charge in [-0.05, 0) is 47.9 Å². The van der Waals surface area contributed by atoms with Crippen LogP contribution >= 0.6 is 15.9 Å². The first kappa shape index (κ1) is 18.0. The topological polar surface area (TPSA) is 75.7 Å². The van der Waals surface area contributed by atoms with Crippen molar-refractivity contribution in [3.05, 3.63) is 40.9 Å². The number of esters is 1. The number of carbonyl (C=O) groups is 3. The lowest BCUT2D eigenvalue weighted by Gasteiger charge is -2.30. The summed E-state index contributed by atoms with van der Waals surface area (Å²) < 4.78 is 6.33. The van der Waals surface area contributed by atoms with Crippen molar-refractivity contribution < 1.29 is 19.1 Å². The van der Waals surface area contributed by atoms with Gasteiger partial charge in [-0.25, -0.2) is 9.59 Å². The summed E-state index contributed by atoms with van der Waals surface area (Å²) in [5.41, 5.74) is -0.827. The second-order valence-electron chi connectivity index (χ2n) is 7.09. The summed E-state index contributed by atoms with van der Waals surface area (Å²) in [6.07, 6.45) is 4.12. The Labute approximate surface area is 165 Å². The number of hydrogen-bond donors (Lipinski definition) is 1. The lowest BCUT2D eigenvalue weighted by molar-refractivity contribution is -0.141. The van der Waals surface area contributed by atoms with Crippen LogP contribution in [0.4, 0.5) is 4.79 Å². The van der Waals surface area contributed by atoms with E-state index in [0.717, 1.165) is 39.4 Å². The highest BCUT2D eigenvalue weighted by atomic mass is 79.9. The number of amides is 3. The monoisotopic (exact) mass is 430 g/mol. The maximum Gasteiger partial charge on any atom is 0.331 e. The molecule has 1 heterocycles. The molecule has 0 aromatic heterocycles. The van der Waals surface area contributed by atoms with E-state index in [9.17, 15) is 14.4 Å². The van der Waals surface area contributed by atoms with Crippen LogP contribution in [-0.4, -0.2) is 34.9 Å². The van der Waals surface area contributed by atoms with Crippen molar-refractivity contribution in [1.82, 2.24) is 10.2 Å². The predicted molar refractivity (Wildman–Crippen MR) is 103 cm³/mol. The lowest BCUT2D eigenvalue weighted by atomic mass is 9.82. The van der Waals surface area contributed by atoms with Crippen molar-refractivity contribution >= 4 is 44.6 Å². The molecular weight excluding hydrogens is 412 g/mol. The van der Waals surface area contributed by atoms with Gasteiger partial charge < -0.3 is 10.1 Å². The smallest absolute Gasteiger partial charge is 0.331 e. The summed E-state index contributed by atoms with van der Waals surface area (Å²) in [5.74, 6) is -0.565. The summed E-state index contributed by atoms with van der Waals surface area (Å²) in [4.78, 5) is 38.2. The van der Waals surface area contributed by atoms with Gasteiger partial charge in [0.05, 0.1) is 0 Å². The molecule has 0 radical (unpaired) electrons. The van der Waals surface area contributed by atoms with Crippen molar-refractivity contribution in [1.29, 1.82) is 0 Å². The molecule has 27 heavy (non-hydrogen) atoms. The molecule has 2 aliphatic rings. The Morgan fingerprint density at radius 3 is 2.56 bits per heavy atom. The maximum atomic E-state index is 12.7. The Morgan fingerprint density at radius 2 is 1.78 bits per heavy atom. The van der Waals surface area contributed by atoms with Crippen molar-refractivity contribution in [3.63, 3.8) is 0 Å². The molecule has 1 saturated carbocycles. The van der Waals surface area contributed by atoms with E-state index in [0.29, 0.717) is 18.6 Å². The van der Waals surface area contributed by atoms with Gasteiger partial charge in [0.2, 0.25) is 0 Å². The second-order valence-corrected chi connectivity index (χ2v) is 8.01. The Kier molecular flexibility index (Phi) is 4.63. The van der Waals surface area contributed by atoms with Gasteiger partial charge in [0, 0.05) is 4.47 Å². The molecule has 1 spiro atoms. The molecule has 1 aliphatic carbocycles. The molecule has 6 nitrogen and oxygen atoms in total. The molecule has 2 fully saturated rings. The number of halogens is 1. The number of hydrogen-bond acceptors (Lipinski definition) is 4. The first-order chi connectivity index (χ1) is 13.0. The van der Waals surface area contributed by atoms with Crippen molar-refractivity contribution in [2.75, 3.05) is 6.54 Å². The highest BCUT2D eigenvalue weighted by Crippen LogP contribution is 2.33. The van der Waals surface area contributed by atoms with Gasteiger partial charge in [0.15, 0.2) is 0 Å². The molecule has 0 bridgehead atoms. The van der Waals surface area contributed by atoms with Crippen LogP contribution in [0.3, 0.4) is 0 Å². The number of carbonyl (C=O) groups excluding carboxylic acids is 3. The van der Waals surface area contributed by atoms with Crippen LogP contribution in [0.1, 0.15) is 32.1 Å².